The Bertz CT molecular complexity index is 325. The van der Waals surface area contributed by atoms with E-state index in [4.69, 9.17) is 5.11 Å². The molecule has 0 aromatic rings. The number of aliphatic hydroxyl groups is 1. The third kappa shape index (κ3) is 2.66. The third-order valence-corrected chi connectivity index (χ3v) is 3.44. The van der Waals surface area contributed by atoms with Gasteiger partial charge in [0.05, 0.1) is 0 Å². The minimum absolute atomic E-state index is 0.107. The number of carbonyl (C=O) groups excluding carboxylic acids is 2. The van der Waals surface area contributed by atoms with Crippen LogP contribution in [0.4, 0.5) is 0 Å². The summed E-state index contributed by atoms with van der Waals surface area (Å²) in [4.78, 5) is 26.8. The number of aliphatic hydroxyl groups excluding tert-OH is 1. The summed E-state index contributed by atoms with van der Waals surface area (Å²) in [6.07, 6.45) is 5.78. The highest BCUT2D eigenvalue weighted by Gasteiger charge is 2.28. The Morgan fingerprint density at radius 1 is 1.06 bits per heavy atom. The smallest absolute Gasteiger partial charge is 0.248 e. The molecule has 1 aliphatic carbocycles. The highest BCUT2D eigenvalue weighted by molar-refractivity contribution is 5.81. The molecule has 5 nitrogen and oxygen atoms in total. The first kappa shape index (κ1) is 12.1. The van der Waals surface area contributed by atoms with Gasteiger partial charge in [-0.15, -0.1) is 0 Å². The second-order valence-electron chi connectivity index (χ2n) is 4.50. The fourth-order valence-electron chi connectivity index (χ4n) is 2.35. The average Bonchev–Trinajstić information content (AvgIpc) is 2.91. The molecule has 94 valence electrons. The molecule has 1 saturated heterocycles. The van der Waals surface area contributed by atoms with E-state index in [9.17, 15) is 9.59 Å². The fraction of sp³-hybridized carbons (Fsp3) is 0.667. The molecule has 0 radical (unpaired) electrons. The van der Waals surface area contributed by atoms with Crippen molar-refractivity contribution in [2.45, 2.75) is 12.8 Å². The minimum Gasteiger partial charge on any atom is -0.387 e. The van der Waals surface area contributed by atoms with E-state index in [0.29, 0.717) is 26.2 Å². The van der Waals surface area contributed by atoms with Gasteiger partial charge in [-0.3, -0.25) is 9.59 Å². The predicted molar refractivity (Wildman–Crippen MR) is 62.1 cm³/mol. The van der Waals surface area contributed by atoms with Crippen LogP contribution in [0.15, 0.2) is 12.2 Å². The Hall–Kier alpha value is -1.36. The SMILES string of the molecule is O=C(CO)N1CCN(C(=O)C2CC=CC2)CC1. The van der Waals surface area contributed by atoms with Crippen LogP contribution in [0.25, 0.3) is 0 Å². The van der Waals surface area contributed by atoms with Crippen LogP contribution < -0.4 is 0 Å². The second-order valence-corrected chi connectivity index (χ2v) is 4.50. The molecule has 0 atom stereocenters. The Morgan fingerprint density at radius 3 is 2.12 bits per heavy atom. The van der Waals surface area contributed by atoms with E-state index in [0.717, 1.165) is 12.8 Å². The summed E-state index contributed by atoms with van der Waals surface area (Å²) in [5.41, 5.74) is 0. The van der Waals surface area contributed by atoms with Crippen LogP contribution in [-0.2, 0) is 9.59 Å². The first-order valence-electron chi connectivity index (χ1n) is 6.05. The van der Waals surface area contributed by atoms with Crippen LogP contribution in [-0.4, -0.2) is 59.5 Å². The van der Waals surface area contributed by atoms with Crippen LogP contribution >= 0.6 is 0 Å². The van der Waals surface area contributed by atoms with Gasteiger partial charge >= 0.3 is 0 Å². The minimum atomic E-state index is -0.444. The summed E-state index contributed by atoms with van der Waals surface area (Å²) in [6, 6.07) is 0. The molecule has 1 heterocycles. The Balaban J connectivity index is 1.82. The molecule has 0 spiro atoms. The normalized spacial score (nSPS) is 21.0. The molecule has 0 saturated carbocycles. The highest BCUT2D eigenvalue weighted by atomic mass is 16.3. The molecule has 5 heteroatoms. The zero-order valence-electron chi connectivity index (χ0n) is 9.84. The largest absolute Gasteiger partial charge is 0.387 e. The Labute approximate surface area is 101 Å². The maximum absolute atomic E-state index is 12.1. The number of piperazine rings is 1. The molecule has 0 aromatic carbocycles. The highest BCUT2D eigenvalue weighted by Crippen LogP contribution is 2.21. The van der Waals surface area contributed by atoms with Crippen LogP contribution in [0.5, 0.6) is 0 Å². The summed E-state index contributed by atoms with van der Waals surface area (Å²) < 4.78 is 0. The number of rotatable bonds is 2. The lowest BCUT2D eigenvalue weighted by Gasteiger charge is -2.35. The molecule has 2 amide bonds. The van der Waals surface area contributed by atoms with E-state index in [-0.39, 0.29) is 17.7 Å². The standard InChI is InChI=1S/C12H18N2O3/c15-9-11(16)13-5-7-14(8-6-13)12(17)10-3-1-2-4-10/h1-2,10,15H,3-9H2. The van der Waals surface area contributed by atoms with Gasteiger partial charge in [0, 0.05) is 32.1 Å². The maximum atomic E-state index is 12.1. The van der Waals surface area contributed by atoms with E-state index in [1.54, 1.807) is 4.90 Å². The second kappa shape index (κ2) is 5.31. The van der Waals surface area contributed by atoms with Crippen molar-refractivity contribution in [2.24, 2.45) is 5.92 Å². The third-order valence-electron chi connectivity index (χ3n) is 3.44. The number of carbonyl (C=O) groups is 2. The summed E-state index contributed by atoms with van der Waals surface area (Å²) >= 11 is 0. The molecule has 2 rings (SSSR count). The van der Waals surface area contributed by atoms with Crippen LogP contribution in [0.3, 0.4) is 0 Å². The fourth-order valence-corrected chi connectivity index (χ4v) is 2.35. The van der Waals surface area contributed by atoms with Crippen molar-refractivity contribution in [1.29, 1.82) is 0 Å². The number of hydrogen-bond donors (Lipinski definition) is 1. The lowest BCUT2D eigenvalue weighted by Crippen LogP contribution is -2.52. The zero-order valence-corrected chi connectivity index (χ0v) is 9.84. The number of nitrogens with zero attached hydrogens (tertiary/aromatic N) is 2. The Morgan fingerprint density at radius 2 is 1.59 bits per heavy atom. The van der Waals surface area contributed by atoms with Gasteiger partial charge in [-0.1, -0.05) is 12.2 Å². The first-order valence-corrected chi connectivity index (χ1v) is 6.05. The number of amides is 2. The van der Waals surface area contributed by atoms with Crippen LogP contribution in [0.2, 0.25) is 0 Å². The molecule has 17 heavy (non-hydrogen) atoms. The lowest BCUT2D eigenvalue weighted by molar-refractivity contribution is -0.143. The average molecular weight is 238 g/mol. The van der Waals surface area contributed by atoms with E-state index >= 15 is 0 Å². The molecule has 1 aliphatic heterocycles. The summed E-state index contributed by atoms with van der Waals surface area (Å²) in [5.74, 6) is 0.0563. The quantitative estimate of drug-likeness (QED) is 0.667. The van der Waals surface area contributed by atoms with Crippen molar-refractivity contribution in [1.82, 2.24) is 9.80 Å². The van der Waals surface area contributed by atoms with Crippen molar-refractivity contribution < 1.29 is 14.7 Å². The Kier molecular flexibility index (Phi) is 3.78. The molecule has 0 bridgehead atoms. The molecular formula is C12H18N2O3. The number of allylic oxidation sites excluding steroid dienone is 2. The van der Waals surface area contributed by atoms with Gasteiger partial charge in [0.25, 0.3) is 0 Å². The topological polar surface area (TPSA) is 60.9 Å². The summed E-state index contributed by atoms with van der Waals surface area (Å²) in [6.45, 7) is 1.79. The van der Waals surface area contributed by atoms with Gasteiger partial charge in [0.15, 0.2) is 0 Å². The monoisotopic (exact) mass is 238 g/mol. The molecule has 0 unspecified atom stereocenters. The van der Waals surface area contributed by atoms with Crippen molar-refractivity contribution in [3.05, 3.63) is 12.2 Å². The van der Waals surface area contributed by atoms with Crippen LogP contribution in [0, 0.1) is 5.92 Å². The van der Waals surface area contributed by atoms with E-state index in [2.05, 4.69) is 0 Å². The van der Waals surface area contributed by atoms with Crippen molar-refractivity contribution in [2.75, 3.05) is 32.8 Å². The first-order chi connectivity index (χ1) is 8.22. The molecule has 1 fully saturated rings. The summed E-state index contributed by atoms with van der Waals surface area (Å²) in [7, 11) is 0. The van der Waals surface area contributed by atoms with Gasteiger partial charge in [-0.2, -0.15) is 0 Å². The van der Waals surface area contributed by atoms with Gasteiger partial charge in [-0.25, -0.2) is 0 Å². The van der Waals surface area contributed by atoms with Crippen molar-refractivity contribution >= 4 is 11.8 Å². The summed E-state index contributed by atoms with van der Waals surface area (Å²) in [5, 5.41) is 8.75. The van der Waals surface area contributed by atoms with Gasteiger partial charge in [0.1, 0.15) is 6.61 Å². The van der Waals surface area contributed by atoms with E-state index in [1.165, 1.54) is 0 Å². The molecule has 2 aliphatic rings. The van der Waals surface area contributed by atoms with E-state index in [1.807, 2.05) is 17.1 Å². The van der Waals surface area contributed by atoms with E-state index < -0.39 is 6.61 Å². The van der Waals surface area contributed by atoms with Gasteiger partial charge in [0.2, 0.25) is 11.8 Å². The van der Waals surface area contributed by atoms with Gasteiger partial charge < -0.3 is 14.9 Å². The van der Waals surface area contributed by atoms with Crippen molar-refractivity contribution in [3.63, 3.8) is 0 Å². The molecule has 0 aromatic heterocycles. The van der Waals surface area contributed by atoms with Gasteiger partial charge in [-0.05, 0) is 12.8 Å². The number of hydrogen-bond acceptors (Lipinski definition) is 3. The molecule has 1 N–H and O–H groups in total. The predicted octanol–water partition coefficient (Wildman–Crippen LogP) is -0.384. The lowest BCUT2D eigenvalue weighted by atomic mass is 10.1. The zero-order chi connectivity index (χ0) is 12.3. The maximum Gasteiger partial charge on any atom is 0.248 e. The van der Waals surface area contributed by atoms with Crippen LogP contribution in [0.1, 0.15) is 12.8 Å². The molecular weight excluding hydrogens is 220 g/mol. The van der Waals surface area contributed by atoms with Crippen molar-refractivity contribution in [3.8, 4) is 0 Å².